The first-order chi connectivity index (χ1) is 18.6. The van der Waals surface area contributed by atoms with Crippen molar-refractivity contribution in [3.63, 3.8) is 0 Å². The smallest absolute Gasteiger partial charge is 0.266 e. The van der Waals surface area contributed by atoms with E-state index >= 15 is 0 Å². The van der Waals surface area contributed by atoms with Gasteiger partial charge in [-0.25, -0.2) is 14.4 Å². The zero-order chi connectivity index (χ0) is 27.6. The molecule has 0 spiro atoms. The van der Waals surface area contributed by atoms with Gasteiger partial charge in [-0.3, -0.25) is 9.69 Å². The summed E-state index contributed by atoms with van der Waals surface area (Å²) in [6.07, 6.45) is 4.49. The van der Waals surface area contributed by atoms with E-state index in [1.165, 1.54) is 42.7 Å². The summed E-state index contributed by atoms with van der Waals surface area (Å²) in [5, 5.41) is 25.9. The van der Waals surface area contributed by atoms with Gasteiger partial charge < -0.3 is 35.1 Å². The van der Waals surface area contributed by atoms with Crippen LogP contribution in [0.25, 0.3) is 10.9 Å². The van der Waals surface area contributed by atoms with Crippen molar-refractivity contribution in [3.05, 3.63) is 59.7 Å². The van der Waals surface area contributed by atoms with Crippen molar-refractivity contribution in [1.29, 1.82) is 0 Å². The van der Waals surface area contributed by atoms with Crippen LogP contribution in [0.4, 0.5) is 21.6 Å². The van der Waals surface area contributed by atoms with E-state index in [-0.39, 0.29) is 28.7 Å². The fourth-order valence-electron chi connectivity index (χ4n) is 4.45. The molecule has 1 amide bonds. The van der Waals surface area contributed by atoms with Gasteiger partial charge in [0.25, 0.3) is 5.87 Å². The van der Waals surface area contributed by atoms with Gasteiger partial charge in [-0.2, -0.15) is 0 Å². The zero-order valence-corrected chi connectivity index (χ0v) is 21.7. The van der Waals surface area contributed by atoms with E-state index in [1.807, 2.05) is 0 Å². The number of carbonyl (C=O) groups is 1. The standard InChI is InChI=1S/C25H26BClFN5O6/c26-25(35,36)39-20-10-18-15(24(30-13-29-18)31-14-3-4-17(28)16(27)8-14)9-19(20)32-23(34)2-1-5-33-11-21-22(12-33)38-7-6-37-21/h1-4,8-10,13,21-22,35-36H,5-7,11-12,26H2,(H,32,34)(H,29,30,31)/b2-1+. The molecule has 2 saturated heterocycles. The summed E-state index contributed by atoms with van der Waals surface area (Å²) >= 11 is 5.90. The van der Waals surface area contributed by atoms with Crippen molar-refractivity contribution in [2.75, 3.05) is 43.5 Å². The maximum atomic E-state index is 13.6. The van der Waals surface area contributed by atoms with E-state index in [1.54, 1.807) is 6.08 Å². The lowest BCUT2D eigenvalue weighted by molar-refractivity contribution is -0.223. The van der Waals surface area contributed by atoms with E-state index in [0.29, 0.717) is 42.2 Å². The van der Waals surface area contributed by atoms with Crippen LogP contribution in [0.15, 0.2) is 48.8 Å². The number of rotatable bonds is 8. The lowest BCUT2D eigenvalue weighted by Gasteiger charge is -2.24. The third-order valence-corrected chi connectivity index (χ3v) is 6.44. The predicted octanol–water partition coefficient (Wildman–Crippen LogP) is 1.37. The van der Waals surface area contributed by atoms with Crippen molar-refractivity contribution in [3.8, 4) is 5.75 Å². The van der Waals surface area contributed by atoms with Gasteiger partial charge in [0, 0.05) is 42.9 Å². The fraction of sp³-hybridized carbons (Fsp3) is 0.320. The van der Waals surface area contributed by atoms with Gasteiger partial charge in [0.2, 0.25) is 13.8 Å². The van der Waals surface area contributed by atoms with E-state index in [4.69, 9.17) is 25.8 Å². The molecular weight excluding hydrogens is 532 g/mol. The van der Waals surface area contributed by atoms with Crippen molar-refractivity contribution >= 4 is 53.4 Å². The predicted molar refractivity (Wildman–Crippen MR) is 144 cm³/mol. The average Bonchev–Trinajstić information content (AvgIpc) is 3.29. The Morgan fingerprint density at radius 2 is 1.97 bits per heavy atom. The Morgan fingerprint density at radius 1 is 1.23 bits per heavy atom. The molecule has 2 aliphatic rings. The molecule has 0 aliphatic carbocycles. The third-order valence-electron chi connectivity index (χ3n) is 6.15. The summed E-state index contributed by atoms with van der Waals surface area (Å²) in [7, 11) is 1.04. The summed E-state index contributed by atoms with van der Waals surface area (Å²) in [6.45, 7) is 3.15. The number of anilines is 3. The molecule has 3 aromatic rings. The lowest BCUT2D eigenvalue weighted by atomic mass is 10.1. The maximum absolute atomic E-state index is 13.6. The summed E-state index contributed by atoms with van der Waals surface area (Å²) in [4.78, 5) is 23.4. The lowest BCUT2D eigenvalue weighted by Crippen LogP contribution is -2.36. The van der Waals surface area contributed by atoms with Gasteiger partial charge in [-0.15, -0.1) is 0 Å². The van der Waals surface area contributed by atoms with Crippen molar-refractivity contribution in [2.45, 2.75) is 18.1 Å². The highest BCUT2D eigenvalue weighted by Gasteiger charge is 2.35. The molecule has 0 saturated carbocycles. The molecule has 0 bridgehead atoms. The Labute approximate surface area is 228 Å². The first-order valence-corrected chi connectivity index (χ1v) is 12.6. The Bertz CT molecular complexity index is 1390. The molecule has 4 N–H and O–H groups in total. The number of hydrogen-bond acceptors (Lipinski definition) is 10. The Kier molecular flexibility index (Phi) is 7.98. The highest BCUT2D eigenvalue weighted by atomic mass is 35.5. The molecule has 11 nitrogen and oxygen atoms in total. The number of ether oxygens (including phenoxy) is 3. The molecule has 39 heavy (non-hydrogen) atoms. The molecule has 2 unspecified atom stereocenters. The molecule has 14 heteroatoms. The van der Waals surface area contributed by atoms with Crippen LogP contribution < -0.4 is 15.4 Å². The van der Waals surface area contributed by atoms with Crippen molar-refractivity contribution in [2.24, 2.45) is 0 Å². The van der Waals surface area contributed by atoms with Gasteiger partial charge in [-0.05, 0) is 24.3 Å². The van der Waals surface area contributed by atoms with Crippen LogP contribution in [-0.4, -0.2) is 89.8 Å². The molecule has 3 heterocycles. The minimum atomic E-state index is -2.52. The molecule has 204 valence electrons. The molecule has 0 radical (unpaired) electrons. The Morgan fingerprint density at radius 3 is 2.67 bits per heavy atom. The number of nitrogens with zero attached hydrogens (tertiary/aromatic N) is 3. The topological polar surface area (TPSA) is 138 Å². The molecule has 2 fully saturated rings. The van der Waals surface area contributed by atoms with Crippen LogP contribution in [0.1, 0.15) is 0 Å². The highest BCUT2D eigenvalue weighted by molar-refractivity contribution is 6.31. The summed E-state index contributed by atoms with van der Waals surface area (Å²) in [5.41, 5.74) is 1.01. The van der Waals surface area contributed by atoms with Crippen LogP contribution >= 0.6 is 11.6 Å². The number of halogens is 2. The molecule has 2 atom stereocenters. The van der Waals surface area contributed by atoms with Gasteiger partial charge in [0.05, 0.1) is 41.6 Å². The molecule has 1 aromatic heterocycles. The number of hydrogen-bond donors (Lipinski definition) is 4. The molecular formula is C25H26BClFN5O6. The second kappa shape index (κ2) is 11.4. The number of carbonyl (C=O) groups excluding carboxylic acids is 1. The molecule has 5 rings (SSSR count). The van der Waals surface area contributed by atoms with Gasteiger partial charge in [0.15, 0.2) is 5.75 Å². The minimum absolute atomic E-state index is 0.0239. The number of aromatic nitrogens is 2. The number of likely N-dealkylation sites (tertiary alicyclic amines) is 1. The first-order valence-electron chi connectivity index (χ1n) is 12.2. The van der Waals surface area contributed by atoms with E-state index < -0.39 is 17.6 Å². The first kappa shape index (κ1) is 27.2. The fourth-order valence-corrected chi connectivity index (χ4v) is 4.64. The Hall–Kier alpha value is -3.33. The van der Waals surface area contributed by atoms with E-state index in [9.17, 15) is 19.4 Å². The third kappa shape index (κ3) is 6.82. The summed E-state index contributed by atoms with van der Waals surface area (Å²) < 4.78 is 30.3. The van der Waals surface area contributed by atoms with Crippen LogP contribution in [-0.2, 0) is 14.3 Å². The van der Waals surface area contributed by atoms with Crippen LogP contribution in [0.2, 0.25) is 5.02 Å². The average molecular weight is 558 g/mol. The SMILES string of the molecule is BC(O)(O)Oc1cc2ncnc(Nc3ccc(F)c(Cl)c3)c2cc1NC(=O)/C=C/CN1CC2OCCOC2C1. The van der Waals surface area contributed by atoms with E-state index in [2.05, 4.69) is 25.5 Å². The van der Waals surface area contributed by atoms with Gasteiger partial charge in [0.1, 0.15) is 18.0 Å². The van der Waals surface area contributed by atoms with Crippen molar-refractivity contribution in [1.82, 2.24) is 14.9 Å². The second-order valence-electron chi connectivity index (χ2n) is 9.31. The normalized spacial score (nSPS) is 19.8. The summed E-state index contributed by atoms with van der Waals surface area (Å²) in [5.74, 6) is -3.22. The molecule has 2 aromatic carbocycles. The van der Waals surface area contributed by atoms with Gasteiger partial charge >= 0.3 is 0 Å². The number of benzene rings is 2. The summed E-state index contributed by atoms with van der Waals surface area (Å²) in [6, 6.07) is 7.10. The maximum Gasteiger partial charge on any atom is 0.266 e. The zero-order valence-electron chi connectivity index (χ0n) is 20.9. The van der Waals surface area contributed by atoms with Crippen molar-refractivity contribution < 1.29 is 33.6 Å². The minimum Gasteiger partial charge on any atom is -0.446 e. The van der Waals surface area contributed by atoms with Crippen LogP contribution in [0.5, 0.6) is 5.75 Å². The molecule has 2 aliphatic heterocycles. The quantitative estimate of drug-likeness (QED) is 0.182. The monoisotopic (exact) mass is 557 g/mol. The van der Waals surface area contributed by atoms with Crippen LogP contribution in [0.3, 0.4) is 0 Å². The second-order valence-corrected chi connectivity index (χ2v) is 9.71. The van der Waals surface area contributed by atoms with Gasteiger partial charge in [-0.1, -0.05) is 17.7 Å². The largest absolute Gasteiger partial charge is 0.446 e. The number of amides is 1. The van der Waals surface area contributed by atoms with E-state index in [0.717, 1.165) is 20.9 Å². The van der Waals surface area contributed by atoms with Crippen LogP contribution in [0, 0.1) is 5.82 Å². The number of aliphatic hydroxyl groups is 2. The highest BCUT2D eigenvalue weighted by Crippen LogP contribution is 2.35. The Balaban J connectivity index is 1.36. The number of nitrogens with one attached hydrogen (secondary N) is 2. The number of fused-ring (bicyclic) bond motifs is 2.